The van der Waals surface area contributed by atoms with E-state index in [0.717, 1.165) is 18.9 Å². The Kier molecular flexibility index (Phi) is 20.5. The Labute approximate surface area is 148 Å². The molecule has 24 heavy (non-hydrogen) atoms. The van der Waals surface area contributed by atoms with Gasteiger partial charge < -0.3 is 9.84 Å². The van der Waals surface area contributed by atoms with Crippen molar-refractivity contribution in [1.82, 2.24) is 0 Å². The molecule has 4 heteroatoms. The predicted octanol–water partition coefficient (Wildman–Crippen LogP) is 5.75. The number of aliphatic carboxylic acids is 1. The normalized spacial score (nSPS) is 11.1. The Morgan fingerprint density at radius 1 is 0.958 bits per heavy atom. The number of carboxylic acids is 1. The Balaban J connectivity index is 0. The van der Waals surface area contributed by atoms with Crippen LogP contribution >= 0.6 is 0 Å². The summed E-state index contributed by atoms with van der Waals surface area (Å²) < 4.78 is 5.23. The van der Waals surface area contributed by atoms with Gasteiger partial charge in [-0.25, -0.2) is 4.79 Å². The zero-order chi connectivity index (χ0) is 18.6. The number of carbonyl (C=O) groups is 2. The summed E-state index contributed by atoms with van der Waals surface area (Å²) in [7, 11) is 0. The van der Waals surface area contributed by atoms with E-state index in [1.807, 2.05) is 13.8 Å². The Morgan fingerprint density at radius 3 is 1.75 bits per heavy atom. The summed E-state index contributed by atoms with van der Waals surface area (Å²) in [5.41, 5.74) is 0. The number of carboxylic acid groups (broad SMARTS) is 1. The largest absolute Gasteiger partial charge is 0.478 e. The van der Waals surface area contributed by atoms with Gasteiger partial charge in [0, 0.05) is 6.08 Å². The molecule has 0 aromatic rings. The maximum Gasteiger partial charge on any atom is 0.327 e. The molecule has 0 aliphatic heterocycles. The van der Waals surface area contributed by atoms with E-state index in [9.17, 15) is 9.59 Å². The Hall–Kier alpha value is -1.32. The maximum absolute atomic E-state index is 11.4. The molecule has 0 aliphatic carbocycles. The van der Waals surface area contributed by atoms with Crippen molar-refractivity contribution in [3.05, 3.63) is 12.7 Å². The summed E-state index contributed by atoms with van der Waals surface area (Å²) in [5, 5.41) is 7.60. The summed E-state index contributed by atoms with van der Waals surface area (Å²) in [5.74, 6) is -0.952. The zero-order valence-electron chi connectivity index (χ0n) is 16.0. The van der Waals surface area contributed by atoms with Crippen LogP contribution in [-0.2, 0) is 14.3 Å². The van der Waals surface area contributed by atoms with Crippen molar-refractivity contribution in [2.24, 2.45) is 5.92 Å². The van der Waals surface area contributed by atoms with Gasteiger partial charge in [0.25, 0.3) is 0 Å². The molecule has 0 aliphatic rings. The maximum atomic E-state index is 11.4. The molecule has 1 N–H and O–H groups in total. The van der Waals surface area contributed by atoms with Gasteiger partial charge in [-0.3, -0.25) is 4.79 Å². The van der Waals surface area contributed by atoms with Gasteiger partial charge in [0.15, 0.2) is 0 Å². The second-order valence-corrected chi connectivity index (χ2v) is 6.20. The average Bonchev–Trinajstić information content (AvgIpc) is 2.59. The molecule has 0 radical (unpaired) electrons. The molecule has 0 rings (SSSR count). The number of rotatable bonds is 14. The number of unbranched alkanes of at least 4 members (excludes halogenated alkanes) is 9. The minimum absolute atomic E-state index is 0.0292. The highest BCUT2D eigenvalue weighted by atomic mass is 16.5. The first kappa shape index (κ1) is 24.9. The molecule has 1 atom stereocenters. The van der Waals surface area contributed by atoms with Crippen LogP contribution in [0.5, 0.6) is 0 Å². The topological polar surface area (TPSA) is 63.6 Å². The van der Waals surface area contributed by atoms with Gasteiger partial charge in [0.2, 0.25) is 0 Å². The van der Waals surface area contributed by atoms with E-state index >= 15 is 0 Å². The van der Waals surface area contributed by atoms with E-state index in [1.165, 1.54) is 57.8 Å². The molecule has 0 saturated heterocycles. The van der Waals surface area contributed by atoms with Crippen LogP contribution in [0.1, 0.15) is 91.4 Å². The van der Waals surface area contributed by atoms with Gasteiger partial charge in [0.05, 0.1) is 12.5 Å². The third kappa shape index (κ3) is 20.7. The van der Waals surface area contributed by atoms with Crippen LogP contribution in [-0.4, -0.2) is 23.7 Å². The van der Waals surface area contributed by atoms with Crippen LogP contribution in [0.25, 0.3) is 0 Å². The van der Waals surface area contributed by atoms with Crippen LogP contribution in [0, 0.1) is 5.92 Å². The second kappa shape index (κ2) is 19.7. The van der Waals surface area contributed by atoms with Crippen molar-refractivity contribution < 1.29 is 19.4 Å². The first-order chi connectivity index (χ1) is 11.5. The third-order valence-corrected chi connectivity index (χ3v) is 3.93. The number of carbonyl (C=O) groups excluding carboxylic acids is 1. The first-order valence-electron chi connectivity index (χ1n) is 9.51. The lowest BCUT2D eigenvalue weighted by Gasteiger charge is -2.08. The molecular formula is C20H38O4. The molecule has 1 unspecified atom stereocenters. The fraction of sp³-hybridized carbons (Fsp3) is 0.800. The highest BCUT2D eigenvalue weighted by Gasteiger charge is 2.10. The minimum Gasteiger partial charge on any atom is -0.478 e. The number of hydrogen-bond donors (Lipinski definition) is 1. The Morgan fingerprint density at radius 2 is 1.38 bits per heavy atom. The van der Waals surface area contributed by atoms with Crippen molar-refractivity contribution in [3.8, 4) is 0 Å². The van der Waals surface area contributed by atoms with Crippen LogP contribution in [0.15, 0.2) is 12.7 Å². The monoisotopic (exact) mass is 342 g/mol. The summed E-state index contributed by atoms with van der Waals surface area (Å²) in [4.78, 5) is 20.7. The second-order valence-electron chi connectivity index (χ2n) is 6.20. The summed E-state index contributed by atoms with van der Waals surface area (Å²) >= 11 is 0. The standard InChI is InChI=1S/C17H34O2.C3H4O2/c1-4-6-7-8-9-10-11-12-13-14-15-19-17(18)16(3)5-2;1-2-3(4)5/h16H,4-15H2,1-3H3;2H,1H2,(H,4,5). The van der Waals surface area contributed by atoms with Crippen LogP contribution < -0.4 is 0 Å². The van der Waals surface area contributed by atoms with E-state index in [0.29, 0.717) is 6.61 Å². The zero-order valence-corrected chi connectivity index (χ0v) is 16.0. The Bertz CT molecular complexity index is 313. The molecule has 0 saturated carbocycles. The van der Waals surface area contributed by atoms with E-state index in [2.05, 4.69) is 13.5 Å². The first-order valence-corrected chi connectivity index (χ1v) is 9.51. The van der Waals surface area contributed by atoms with Crippen molar-refractivity contribution in [2.45, 2.75) is 91.4 Å². The lowest BCUT2D eigenvalue weighted by atomic mass is 10.1. The molecule has 4 nitrogen and oxygen atoms in total. The van der Waals surface area contributed by atoms with Crippen molar-refractivity contribution in [3.63, 3.8) is 0 Å². The third-order valence-electron chi connectivity index (χ3n) is 3.93. The van der Waals surface area contributed by atoms with Crippen LogP contribution in [0.4, 0.5) is 0 Å². The molecule has 0 bridgehead atoms. The van der Waals surface area contributed by atoms with Gasteiger partial charge in [-0.15, -0.1) is 0 Å². The quantitative estimate of drug-likeness (QED) is 0.248. The number of hydrogen-bond acceptors (Lipinski definition) is 3. The minimum atomic E-state index is -0.981. The van der Waals surface area contributed by atoms with Gasteiger partial charge in [0.1, 0.15) is 0 Å². The highest BCUT2D eigenvalue weighted by molar-refractivity contribution is 5.78. The van der Waals surface area contributed by atoms with E-state index in [-0.39, 0.29) is 11.9 Å². The predicted molar refractivity (Wildman–Crippen MR) is 100 cm³/mol. The van der Waals surface area contributed by atoms with E-state index in [1.54, 1.807) is 0 Å². The molecule has 0 aromatic heterocycles. The summed E-state index contributed by atoms with van der Waals surface area (Å²) in [6, 6.07) is 0. The molecule has 0 fully saturated rings. The van der Waals surface area contributed by atoms with Crippen molar-refractivity contribution >= 4 is 11.9 Å². The van der Waals surface area contributed by atoms with Gasteiger partial charge in [-0.05, 0) is 12.8 Å². The highest BCUT2D eigenvalue weighted by Crippen LogP contribution is 2.11. The fourth-order valence-electron chi connectivity index (χ4n) is 2.07. The lowest BCUT2D eigenvalue weighted by molar-refractivity contribution is -0.148. The molecular weight excluding hydrogens is 304 g/mol. The van der Waals surface area contributed by atoms with E-state index in [4.69, 9.17) is 9.84 Å². The summed E-state index contributed by atoms with van der Waals surface area (Å²) in [6.07, 6.45) is 14.8. The molecule has 0 spiro atoms. The van der Waals surface area contributed by atoms with Crippen LogP contribution in [0.3, 0.4) is 0 Å². The molecule has 0 heterocycles. The lowest BCUT2D eigenvalue weighted by Crippen LogP contribution is -2.14. The molecule has 0 aromatic carbocycles. The SMILES string of the molecule is C=CC(=O)O.CCCCCCCCCCCCOC(=O)C(C)CC. The van der Waals surface area contributed by atoms with Gasteiger partial charge in [-0.2, -0.15) is 0 Å². The van der Waals surface area contributed by atoms with Gasteiger partial charge in [-0.1, -0.05) is 85.1 Å². The summed E-state index contributed by atoms with van der Waals surface area (Å²) in [6.45, 7) is 9.78. The number of esters is 1. The van der Waals surface area contributed by atoms with Crippen molar-refractivity contribution in [1.29, 1.82) is 0 Å². The fourth-order valence-corrected chi connectivity index (χ4v) is 2.07. The average molecular weight is 343 g/mol. The molecule has 142 valence electrons. The van der Waals surface area contributed by atoms with Crippen LogP contribution in [0.2, 0.25) is 0 Å². The number of ether oxygens (including phenoxy) is 1. The van der Waals surface area contributed by atoms with Gasteiger partial charge >= 0.3 is 11.9 Å². The van der Waals surface area contributed by atoms with Crippen molar-refractivity contribution in [2.75, 3.05) is 6.61 Å². The van der Waals surface area contributed by atoms with E-state index < -0.39 is 5.97 Å². The smallest absolute Gasteiger partial charge is 0.327 e. The molecule has 0 amide bonds.